The van der Waals surface area contributed by atoms with E-state index < -0.39 is 0 Å². The zero-order chi connectivity index (χ0) is 15.8. The Labute approximate surface area is 142 Å². The maximum atomic E-state index is 11.7. The van der Waals surface area contributed by atoms with Crippen molar-refractivity contribution in [3.05, 3.63) is 28.7 Å². The van der Waals surface area contributed by atoms with Crippen molar-refractivity contribution in [3.63, 3.8) is 0 Å². The van der Waals surface area contributed by atoms with Crippen molar-refractivity contribution in [2.75, 3.05) is 12.3 Å². The van der Waals surface area contributed by atoms with Crippen LogP contribution in [0.1, 0.15) is 26.2 Å². The fourth-order valence-electron chi connectivity index (χ4n) is 1.79. The zero-order valence-electron chi connectivity index (χ0n) is 12.3. The molecule has 0 aliphatic heterocycles. The quantitative estimate of drug-likeness (QED) is 0.552. The molecule has 7 heteroatoms. The Kier molecular flexibility index (Phi) is 6.92. The number of unbranched alkanes of at least 4 members (excludes halogenated alkanes) is 2. The number of aromatic nitrogens is 2. The van der Waals surface area contributed by atoms with Gasteiger partial charge in [-0.25, -0.2) is 0 Å². The van der Waals surface area contributed by atoms with Crippen LogP contribution in [0.2, 0.25) is 0 Å². The third-order valence-electron chi connectivity index (χ3n) is 2.91. The molecule has 0 saturated carbocycles. The number of carbonyl (C=O) groups is 1. The maximum Gasteiger partial charge on any atom is 0.277 e. The summed E-state index contributed by atoms with van der Waals surface area (Å²) in [4.78, 5) is 11.7. The van der Waals surface area contributed by atoms with Gasteiger partial charge in [-0.1, -0.05) is 53.5 Å². The predicted octanol–water partition coefficient (Wildman–Crippen LogP) is 3.90. The molecule has 1 N–H and O–H groups in total. The third kappa shape index (κ3) is 5.46. The second-order valence-corrected chi connectivity index (χ2v) is 6.57. The summed E-state index contributed by atoms with van der Waals surface area (Å²) in [6.45, 7) is 2.86. The van der Waals surface area contributed by atoms with Crippen molar-refractivity contribution in [2.24, 2.45) is 0 Å². The molecule has 0 spiro atoms. The molecular weight excluding hydrogens is 366 g/mol. The van der Waals surface area contributed by atoms with Crippen LogP contribution in [0.15, 0.2) is 38.4 Å². The first-order valence-electron chi connectivity index (χ1n) is 7.18. The minimum Gasteiger partial charge on any atom is -0.411 e. The Bertz CT molecular complexity index is 618. The van der Waals surface area contributed by atoms with E-state index in [1.165, 1.54) is 11.8 Å². The summed E-state index contributed by atoms with van der Waals surface area (Å²) in [5, 5.41) is 11.2. The van der Waals surface area contributed by atoms with E-state index >= 15 is 0 Å². The highest BCUT2D eigenvalue weighted by molar-refractivity contribution is 9.10. The van der Waals surface area contributed by atoms with Gasteiger partial charge in [-0.3, -0.25) is 4.79 Å². The van der Waals surface area contributed by atoms with Crippen LogP contribution in [0.5, 0.6) is 0 Å². The minimum atomic E-state index is -0.0108. The largest absolute Gasteiger partial charge is 0.411 e. The Morgan fingerprint density at radius 3 is 3.00 bits per heavy atom. The molecule has 1 amide bonds. The number of rotatable bonds is 8. The molecule has 0 saturated heterocycles. The molecule has 0 fully saturated rings. The molecule has 0 unspecified atom stereocenters. The van der Waals surface area contributed by atoms with E-state index in [0.717, 1.165) is 35.8 Å². The molecule has 1 aromatic heterocycles. The van der Waals surface area contributed by atoms with Crippen LogP contribution in [0.3, 0.4) is 0 Å². The van der Waals surface area contributed by atoms with Crippen molar-refractivity contribution in [3.8, 4) is 11.5 Å². The van der Waals surface area contributed by atoms with E-state index in [1.54, 1.807) is 0 Å². The molecule has 2 aromatic rings. The smallest absolute Gasteiger partial charge is 0.277 e. The molecule has 22 heavy (non-hydrogen) atoms. The van der Waals surface area contributed by atoms with Gasteiger partial charge in [-0.15, -0.1) is 10.2 Å². The number of halogens is 1. The topological polar surface area (TPSA) is 68.0 Å². The zero-order valence-corrected chi connectivity index (χ0v) is 14.7. The summed E-state index contributed by atoms with van der Waals surface area (Å²) < 4.78 is 6.51. The summed E-state index contributed by atoms with van der Waals surface area (Å²) in [5.41, 5.74) is 0.845. The lowest BCUT2D eigenvalue weighted by atomic mass is 10.2. The van der Waals surface area contributed by atoms with E-state index in [4.69, 9.17) is 4.42 Å². The van der Waals surface area contributed by atoms with Crippen LogP contribution >= 0.6 is 27.7 Å². The number of thioether (sulfide) groups is 1. The fourth-order valence-corrected chi connectivity index (χ4v) is 2.78. The number of hydrogen-bond acceptors (Lipinski definition) is 5. The van der Waals surface area contributed by atoms with Crippen LogP contribution < -0.4 is 5.32 Å². The number of carbonyl (C=O) groups excluding carboxylic acids is 1. The van der Waals surface area contributed by atoms with Gasteiger partial charge in [0.2, 0.25) is 11.8 Å². The molecule has 118 valence electrons. The predicted molar refractivity (Wildman–Crippen MR) is 90.7 cm³/mol. The van der Waals surface area contributed by atoms with Crippen molar-refractivity contribution >= 4 is 33.6 Å². The van der Waals surface area contributed by atoms with Gasteiger partial charge in [0.25, 0.3) is 5.22 Å². The third-order valence-corrected chi connectivity index (χ3v) is 4.22. The first kappa shape index (κ1) is 17.0. The summed E-state index contributed by atoms with van der Waals surface area (Å²) in [5.74, 6) is 0.724. The van der Waals surface area contributed by atoms with Crippen LogP contribution in [0, 0.1) is 0 Å². The standard InChI is InChI=1S/C15H18BrN3O2S/c1-2-3-4-8-17-13(20)10-22-15-19-18-14(21-15)11-6-5-7-12(16)9-11/h5-7,9H,2-4,8,10H2,1H3,(H,17,20). The Balaban J connectivity index is 1.81. The van der Waals surface area contributed by atoms with Gasteiger partial charge in [-0.05, 0) is 24.6 Å². The lowest BCUT2D eigenvalue weighted by molar-refractivity contribution is -0.118. The average Bonchev–Trinajstić information content (AvgIpc) is 2.98. The van der Waals surface area contributed by atoms with E-state index in [0.29, 0.717) is 11.1 Å². The van der Waals surface area contributed by atoms with E-state index in [-0.39, 0.29) is 11.7 Å². The number of hydrogen-bond donors (Lipinski definition) is 1. The SMILES string of the molecule is CCCCCNC(=O)CSc1nnc(-c2cccc(Br)c2)o1. The monoisotopic (exact) mass is 383 g/mol. The molecule has 1 aromatic carbocycles. The summed E-state index contributed by atoms with van der Waals surface area (Å²) in [6, 6.07) is 7.63. The molecule has 0 aliphatic rings. The highest BCUT2D eigenvalue weighted by atomic mass is 79.9. The summed E-state index contributed by atoms with van der Waals surface area (Å²) in [7, 11) is 0. The molecule has 1 heterocycles. The average molecular weight is 384 g/mol. The van der Waals surface area contributed by atoms with Gasteiger partial charge in [0, 0.05) is 16.6 Å². The van der Waals surface area contributed by atoms with E-state index in [9.17, 15) is 4.79 Å². The van der Waals surface area contributed by atoms with Crippen molar-refractivity contribution in [1.29, 1.82) is 0 Å². The molecule has 0 radical (unpaired) electrons. The van der Waals surface area contributed by atoms with Crippen LogP contribution in [-0.2, 0) is 4.79 Å². The van der Waals surface area contributed by atoms with E-state index in [1.807, 2.05) is 24.3 Å². The van der Waals surface area contributed by atoms with Crippen molar-refractivity contribution < 1.29 is 9.21 Å². The van der Waals surface area contributed by atoms with Crippen LogP contribution in [0.4, 0.5) is 0 Å². The Morgan fingerprint density at radius 2 is 2.23 bits per heavy atom. The first-order chi connectivity index (χ1) is 10.7. The van der Waals surface area contributed by atoms with Crippen molar-refractivity contribution in [1.82, 2.24) is 15.5 Å². The van der Waals surface area contributed by atoms with Crippen LogP contribution in [0.25, 0.3) is 11.5 Å². The highest BCUT2D eigenvalue weighted by Crippen LogP contribution is 2.25. The summed E-state index contributed by atoms with van der Waals surface area (Å²) in [6.07, 6.45) is 3.29. The molecule has 5 nitrogen and oxygen atoms in total. The van der Waals surface area contributed by atoms with Gasteiger partial charge in [0.15, 0.2) is 0 Å². The Morgan fingerprint density at radius 1 is 1.36 bits per heavy atom. The van der Waals surface area contributed by atoms with Gasteiger partial charge < -0.3 is 9.73 Å². The number of nitrogens with one attached hydrogen (secondary N) is 1. The van der Waals surface area contributed by atoms with Gasteiger partial charge in [-0.2, -0.15) is 0 Å². The number of benzene rings is 1. The maximum absolute atomic E-state index is 11.7. The highest BCUT2D eigenvalue weighted by Gasteiger charge is 2.11. The first-order valence-corrected chi connectivity index (χ1v) is 8.96. The van der Waals surface area contributed by atoms with E-state index in [2.05, 4.69) is 38.4 Å². The second-order valence-electron chi connectivity index (χ2n) is 4.73. The summed E-state index contributed by atoms with van der Waals surface area (Å²) >= 11 is 4.65. The fraction of sp³-hybridized carbons (Fsp3) is 0.400. The van der Waals surface area contributed by atoms with Gasteiger partial charge in [0.05, 0.1) is 5.75 Å². The van der Waals surface area contributed by atoms with Gasteiger partial charge >= 0.3 is 0 Å². The molecule has 2 rings (SSSR count). The Hall–Kier alpha value is -1.34. The molecule has 0 atom stereocenters. The second kappa shape index (κ2) is 8.95. The van der Waals surface area contributed by atoms with Crippen molar-refractivity contribution in [2.45, 2.75) is 31.4 Å². The van der Waals surface area contributed by atoms with Gasteiger partial charge in [0.1, 0.15) is 0 Å². The molecular formula is C15H18BrN3O2S. The number of nitrogens with zero attached hydrogens (tertiary/aromatic N) is 2. The number of amides is 1. The normalized spacial score (nSPS) is 10.6. The molecule has 0 aliphatic carbocycles. The lowest BCUT2D eigenvalue weighted by Crippen LogP contribution is -2.26. The van der Waals surface area contributed by atoms with Crippen LogP contribution in [-0.4, -0.2) is 28.4 Å². The molecule has 0 bridgehead atoms. The minimum absolute atomic E-state index is 0.0108. The lowest BCUT2D eigenvalue weighted by Gasteiger charge is -2.02.